The highest BCUT2D eigenvalue weighted by atomic mass is 35.5. The molecule has 1 aromatic heterocycles. The molecule has 0 saturated carbocycles. The predicted octanol–water partition coefficient (Wildman–Crippen LogP) is 2.93. The summed E-state index contributed by atoms with van der Waals surface area (Å²) in [5.41, 5.74) is 1.03. The molecule has 0 unspecified atom stereocenters. The van der Waals surface area contributed by atoms with Crippen molar-refractivity contribution in [1.29, 1.82) is 0 Å². The third-order valence-corrected chi connectivity index (χ3v) is 3.12. The lowest BCUT2D eigenvalue weighted by atomic mass is 10.2. The molecule has 0 amide bonds. The number of aromatic nitrogens is 3. The Morgan fingerprint density at radius 3 is 2.69 bits per heavy atom. The number of hydrogen-bond acceptors (Lipinski definition) is 2. The first-order valence-corrected chi connectivity index (χ1v) is 5.90. The Morgan fingerprint density at radius 1 is 1.12 bits per heavy atom. The van der Waals surface area contributed by atoms with E-state index >= 15 is 0 Å². The van der Waals surface area contributed by atoms with Crippen molar-refractivity contribution < 1.29 is 0 Å². The van der Waals surface area contributed by atoms with E-state index < -0.39 is 0 Å². The number of nitrogens with zero attached hydrogens (tertiary/aromatic N) is 3. The molecule has 16 heavy (non-hydrogen) atoms. The van der Waals surface area contributed by atoms with Gasteiger partial charge in [0.15, 0.2) is 5.82 Å². The molecule has 1 aliphatic heterocycles. The highest BCUT2D eigenvalue weighted by Gasteiger charge is 2.14. The molecule has 82 valence electrons. The normalized spacial score (nSPS) is 14.8. The lowest BCUT2D eigenvalue weighted by Crippen LogP contribution is -2.11. The van der Waals surface area contributed by atoms with Crippen LogP contribution < -0.4 is 0 Å². The summed E-state index contributed by atoms with van der Waals surface area (Å²) in [5.74, 6) is 1.92. The van der Waals surface area contributed by atoms with Gasteiger partial charge in [-0.3, -0.25) is 0 Å². The van der Waals surface area contributed by atoms with Gasteiger partial charge in [-0.05, 0) is 37.1 Å². The van der Waals surface area contributed by atoms with E-state index in [0.717, 1.165) is 35.2 Å². The molecule has 2 aromatic rings. The first-order chi connectivity index (χ1) is 7.83. The second-order valence-corrected chi connectivity index (χ2v) is 4.48. The molecule has 0 spiro atoms. The van der Waals surface area contributed by atoms with Gasteiger partial charge in [0.1, 0.15) is 5.82 Å². The van der Waals surface area contributed by atoms with E-state index in [2.05, 4.69) is 10.1 Å². The van der Waals surface area contributed by atoms with Crippen LogP contribution in [0.3, 0.4) is 0 Å². The average Bonchev–Trinajstić information content (AvgIpc) is 2.73. The first kappa shape index (κ1) is 9.85. The van der Waals surface area contributed by atoms with Crippen molar-refractivity contribution in [1.82, 2.24) is 14.8 Å². The lowest BCUT2D eigenvalue weighted by Gasteiger charge is -2.09. The maximum absolute atomic E-state index is 5.85. The Kier molecular flexibility index (Phi) is 2.40. The van der Waals surface area contributed by atoms with Crippen LogP contribution in [0.1, 0.15) is 18.7 Å². The van der Waals surface area contributed by atoms with E-state index in [4.69, 9.17) is 11.6 Å². The Labute approximate surface area is 99.1 Å². The van der Waals surface area contributed by atoms with Crippen molar-refractivity contribution >= 4 is 11.6 Å². The zero-order valence-electron chi connectivity index (χ0n) is 8.86. The van der Waals surface area contributed by atoms with Gasteiger partial charge >= 0.3 is 0 Å². The Morgan fingerprint density at radius 2 is 1.94 bits per heavy atom. The van der Waals surface area contributed by atoms with Gasteiger partial charge in [-0.15, -0.1) is 0 Å². The number of hydrogen-bond donors (Lipinski definition) is 0. The maximum Gasteiger partial charge on any atom is 0.181 e. The molecular weight excluding hydrogens is 222 g/mol. The minimum Gasteiger partial charge on any atom is -0.249 e. The van der Waals surface area contributed by atoms with Gasteiger partial charge in [-0.25, -0.2) is 9.67 Å². The van der Waals surface area contributed by atoms with Crippen LogP contribution in [0, 0.1) is 0 Å². The largest absolute Gasteiger partial charge is 0.249 e. The van der Waals surface area contributed by atoms with Gasteiger partial charge < -0.3 is 0 Å². The van der Waals surface area contributed by atoms with Gasteiger partial charge in [0.05, 0.1) is 0 Å². The van der Waals surface area contributed by atoms with Crippen molar-refractivity contribution in [2.24, 2.45) is 0 Å². The molecule has 1 aromatic carbocycles. The van der Waals surface area contributed by atoms with Crippen LogP contribution in [0.2, 0.25) is 5.02 Å². The van der Waals surface area contributed by atoms with E-state index in [-0.39, 0.29) is 0 Å². The van der Waals surface area contributed by atoms with Crippen molar-refractivity contribution in [3.63, 3.8) is 0 Å². The maximum atomic E-state index is 5.85. The van der Waals surface area contributed by atoms with Gasteiger partial charge in [-0.2, -0.15) is 5.10 Å². The number of halogens is 1. The molecule has 0 radical (unpaired) electrons. The van der Waals surface area contributed by atoms with Crippen LogP contribution >= 0.6 is 11.6 Å². The highest BCUT2D eigenvalue weighted by Crippen LogP contribution is 2.21. The van der Waals surface area contributed by atoms with Gasteiger partial charge in [0.2, 0.25) is 0 Å². The summed E-state index contributed by atoms with van der Waals surface area (Å²) < 4.78 is 2.02. The van der Waals surface area contributed by atoms with Gasteiger partial charge in [0, 0.05) is 23.6 Å². The Hall–Kier alpha value is -1.35. The molecular formula is C12H12ClN3. The minimum atomic E-state index is 0.743. The molecule has 1 aliphatic rings. The zero-order valence-corrected chi connectivity index (χ0v) is 9.61. The summed E-state index contributed by atoms with van der Waals surface area (Å²) in [6, 6.07) is 7.67. The smallest absolute Gasteiger partial charge is 0.181 e. The summed E-state index contributed by atoms with van der Waals surface area (Å²) in [5, 5.41) is 5.26. The number of fused-ring (bicyclic) bond motifs is 1. The summed E-state index contributed by atoms with van der Waals surface area (Å²) in [6.45, 7) is 0.996. The number of benzene rings is 1. The van der Waals surface area contributed by atoms with Crippen molar-refractivity contribution in [3.8, 4) is 11.4 Å². The molecule has 0 N–H and O–H groups in total. The quantitative estimate of drug-likeness (QED) is 0.758. The topological polar surface area (TPSA) is 30.7 Å². The molecule has 0 bridgehead atoms. The lowest BCUT2D eigenvalue weighted by molar-refractivity contribution is 0.480. The SMILES string of the molecule is Clc1ccc(-c2nc3n(n2)CCCC3)cc1. The predicted molar refractivity (Wildman–Crippen MR) is 63.4 cm³/mol. The van der Waals surface area contributed by atoms with E-state index in [1.54, 1.807) is 0 Å². The van der Waals surface area contributed by atoms with E-state index in [9.17, 15) is 0 Å². The van der Waals surface area contributed by atoms with Gasteiger partial charge in [-0.1, -0.05) is 11.6 Å². The van der Waals surface area contributed by atoms with Crippen molar-refractivity contribution in [2.45, 2.75) is 25.8 Å². The summed E-state index contributed by atoms with van der Waals surface area (Å²) >= 11 is 5.85. The molecule has 3 rings (SSSR count). The van der Waals surface area contributed by atoms with Crippen LogP contribution in [-0.2, 0) is 13.0 Å². The molecule has 0 fully saturated rings. The Balaban J connectivity index is 2.00. The molecule has 0 atom stereocenters. The third-order valence-electron chi connectivity index (χ3n) is 2.87. The van der Waals surface area contributed by atoms with Crippen LogP contribution in [0.5, 0.6) is 0 Å². The standard InChI is InChI=1S/C12H12ClN3/c13-10-6-4-9(5-7-10)12-14-11-3-1-2-8-16(11)15-12/h4-7H,1-3,8H2. The number of rotatable bonds is 1. The van der Waals surface area contributed by atoms with E-state index in [0.29, 0.717) is 0 Å². The molecule has 0 saturated heterocycles. The Bertz CT molecular complexity index is 478. The van der Waals surface area contributed by atoms with Crippen molar-refractivity contribution in [2.75, 3.05) is 0 Å². The summed E-state index contributed by atoms with van der Waals surface area (Å²) in [7, 11) is 0. The van der Waals surface area contributed by atoms with Crippen LogP contribution in [0.25, 0.3) is 11.4 Å². The highest BCUT2D eigenvalue weighted by molar-refractivity contribution is 6.30. The van der Waals surface area contributed by atoms with Crippen LogP contribution in [-0.4, -0.2) is 14.8 Å². The fourth-order valence-corrected chi connectivity index (χ4v) is 2.13. The summed E-state index contributed by atoms with van der Waals surface area (Å²) in [4.78, 5) is 4.56. The first-order valence-electron chi connectivity index (χ1n) is 5.52. The van der Waals surface area contributed by atoms with Crippen LogP contribution in [0.15, 0.2) is 24.3 Å². The second kappa shape index (κ2) is 3.91. The fourth-order valence-electron chi connectivity index (χ4n) is 2.00. The van der Waals surface area contributed by atoms with Gasteiger partial charge in [0.25, 0.3) is 0 Å². The van der Waals surface area contributed by atoms with Crippen LogP contribution in [0.4, 0.5) is 0 Å². The molecule has 2 heterocycles. The molecule has 0 aliphatic carbocycles. The summed E-state index contributed by atoms with van der Waals surface area (Å²) in [6.07, 6.45) is 3.47. The zero-order chi connectivity index (χ0) is 11.0. The monoisotopic (exact) mass is 233 g/mol. The average molecular weight is 234 g/mol. The molecule has 4 heteroatoms. The van der Waals surface area contributed by atoms with Crippen molar-refractivity contribution in [3.05, 3.63) is 35.1 Å². The minimum absolute atomic E-state index is 0.743. The second-order valence-electron chi connectivity index (χ2n) is 4.04. The molecule has 3 nitrogen and oxygen atoms in total. The third kappa shape index (κ3) is 1.71. The fraction of sp³-hybridized carbons (Fsp3) is 0.333. The van der Waals surface area contributed by atoms with E-state index in [1.165, 1.54) is 12.8 Å². The van der Waals surface area contributed by atoms with E-state index in [1.807, 2.05) is 28.9 Å². The number of aryl methyl sites for hydroxylation is 2.